The first kappa shape index (κ1) is 10.8. The lowest BCUT2D eigenvalue weighted by atomic mass is 10.3. The van der Waals surface area contributed by atoms with Crippen LogP contribution in [0.5, 0.6) is 11.5 Å². The van der Waals surface area contributed by atoms with Gasteiger partial charge in [-0.15, -0.1) is 3.89 Å². The van der Waals surface area contributed by atoms with Gasteiger partial charge in [0.1, 0.15) is 11.5 Å². The fourth-order valence-electron chi connectivity index (χ4n) is 1.06. The van der Waals surface area contributed by atoms with Gasteiger partial charge >= 0.3 is 10.2 Å². The van der Waals surface area contributed by atoms with E-state index in [0.29, 0.717) is 0 Å². The molecule has 0 atom stereocenters. The van der Waals surface area contributed by atoms with E-state index in [4.69, 9.17) is 9.47 Å². The Morgan fingerprint density at radius 2 is 1.57 bits per heavy atom. The summed E-state index contributed by atoms with van der Waals surface area (Å²) >= 11 is 0. The summed E-state index contributed by atoms with van der Waals surface area (Å²) in [6.45, 7) is 0. The molecular formula is C8H9FO4S. The molecule has 0 N–H and O–H groups in total. The summed E-state index contributed by atoms with van der Waals surface area (Å²) in [6.07, 6.45) is 0. The zero-order chi connectivity index (χ0) is 10.8. The molecule has 78 valence electrons. The van der Waals surface area contributed by atoms with Crippen LogP contribution in [0.4, 0.5) is 3.89 Å². The number of halogens is 1. The topological polar surface area (TPSA) is 52.6 Å². The van der Waals surface area contributed by atoms with Crippen molar-refractivity contribution in [1.29, 1.82) is 0 Å². The second-order valence-corrected chi connectivity index (χ2v) is 3.71. The van der Waals surface area contributed by atoms with E-state index < -0.39 is 15.1 Å². The fraction of sp³-hybridized carbons (Fsp3) is 0.250. The molecule has 1 rings (SSSR count). The molecule has 0 fully saturated rings. The smallest absolute Gasteiger partial charge is 0.339 e. The molecule has 0 unspecified atom stereocenters. The monoisotopic (exact) mass is 220 g/mol. The highest BCUT2D eigenvalue weighted by atomic mass is 32.3. The molecule has 0 saturated heterocycles. The fourth-order valence-corrected chi connectivity index (χ4v) is 1.84. The van der Waals surface area contributed by atoms with Crippen LogP contribution < -0.4 is 9.47 Å². The third kappa shape index (κ3) is 1.95. The Hall–Kier alpha value is -1.30. The third-order valence-corrected chi connectivity index (χ3v) is 2.52. The maximum absolute atomic E-state index is 12.8. The van der Waals surface area contributed by atoms with E-state index in [2.05, 4.69) is 0 Å². The maximum Gasteiger partial charge on any atom is 0.339 e. The second kappa shape index (κ2) is 3.83. The SMILES string of the molecule is COc1cccc(OC)c1S(=O)(=O)F. The molecule has 0 aliphatic heterocycles. The molecule has 1 aromatic rings. The van der Waals surface area contributed by atoms with Crippen molar-refractivity contribution >= 4 is 10.2 Å². The van der Waals surface area contributed by atoms with Crippen LogP contribution in [0.25, 0.3) is 0 Å². The van der Waals surface area contributed by atoms with Gasteiger partial charge in [-0.2, -0.15) is 8.42 Å². The Balaban J connectivity index is 3.50. The van der Waals surface area contributed by atoms with Crippen molar-refractivity contribution in [2.24, 2.45) is 0 Å². The van der Waals surface area contributed by atoms with Crippen LogP contribution in [0.1, 0.15) is 0 Å². The largest absolute Gasteiger partial charge is 0.495 e. The van der Waals surface area contributed by atoms with Crippen LogP contribution in [0, 0.1) is 0 Å². The third-order valence-electron chi connectivity index (χ3n) is 1.63. The summed E-state index contributed by atoms with van der Waals surface area (Å²) in [4.78, 5) is -0.579. The van der Waals surface area contributed by atoms with Crippen LogP contribution in [0.3, 0.4) is 0 Å². The number of hydrogen-bond acceptors (Lipinski definition) is 4. The highest BCUT2D eigenvalue weighted by Gasteiger charge is 2.23. The number of benzene rings is 1. The van der Waals surface area contributed by atoms with Crippen molar-refractivity contribution in [1.82, 2.24) is 0 Å². The van der Waals surface area contributed by atoms with Gasteiger partial charge in [0.15, 0.2) is 4.90 Å². The van der Waals surface area contributed by atoms with Crippen molar-refractivity contribution in [3.05, 3.63) is 18.2 Å². The molecule has 4 nitrogen and oxygen atoms in total. The molecule has 0 saturated carbocycles. The summed E-state index contributed by atoms with van der Waals surface area (Å²) in [5.41, 5.74) is 0. The lowest BCUT2D eigenvalue weighted by molar-refractivity contribution is 0.371. The molecule has 0 spiro atoms. The molecule has 14 heavy (non-hydrogen) atoms. The Labute approximate surface area is 81.5 Å². The van der Waals surface area contributed by atoms with Crippen molar-refractivity contribution in [3.63, 3.8) is 0 Å². The quantitative estimate of drug-likeness (QED) is 0.722. The Bertz CT molecular complexity index is 405. The van der Waals surface area contributed by atoms with Gasteiger partial charge in [0, 0.05) is 0 Å². The molecule has 0 aliphatic rings. The molecule has 0 heterocycles. The first-order valence-electron chi connectivity index (χ1n) is 3.66. The predicted octanol–water partition coefficient (Wildman–Crippen LogP) is 1.36. The van der Waals surface area contributed by atoms with Crippen LogP contribution in [0.2, 0.25) is 0 Å². The zero-order valence-corrected chi connectivity index (χ0v) is 8.47. The lowest BCUT2D eigenvalue weighted by Crippen LogP contribution is -2.00. The number of methoxy groups -OCH3 is 2. The van der Waals surface area contributed by atoms with Gasteiger partial charge in [-0.05, 0) is 12.1 Å². The van der Waals surface area contributed by atoms with Crippen molar-refractivity contribution in [2.45, 2.75) is 4.90 Å². The second-order valence-electron chi connectivity index (χ2n) is 2.43. The molecule has 0 aliphatic carbocycles. The standard InChI is InChI=1S/C8H9FO4S/c1-12-6-4-3-5-7(13-2)8(6)14(9,10)11/h3-5H,1-2H3. The maximum atomic E-state index is 12.8. The summed E-state index contributed by atoms with van der Waals surface area (Å²) in [7, 11) is -2.33. The molecule has 6 heteroatoms. The Kier molecular flexibility index (Phi) is 2.95. The first-order chi connectivity index (χ1) is 6.50. The predicted molar refractivity (Wildman–Crippen MR) is 47.8 cm³/mol. The van der Waals surface area contributed by atoms with E-state index in [1.165, 1.54) is 32.4 Å². The Morgan fingerprint density at radius 1 is 1.14 bits per heavy atom. The van der Waals surface area contributed by atoms with Gasteiger partial charge < -0.3 is 9.47 Å². The molecule has 0 amide bonds. The summed E-state index contributed by atoms with van der Waals surface area (Å²) in [6, 6.07) is 4.19. The van der Waals surface area contributed by atoms with E-state index in [1.807, 2.05) is 0 Å². The first-order valence-corrected chi connectivity index (χ1v) is 5.04. The zero-order valence-electron chi connectivity index (χ0n) is 7.65. The lowest BCUT2D eigenvalue weighted by Gasteiger charge is -2.08. The number of ether oxygens (including phenoxy) is 2. The van der Waals surface area contributed by atoms with E-state index in [9.17, 15) is 12.3 Å². The minimum atomic E-state index is -4.84. The van der Waals surface area contributed by atoms with Gasteiger partial charge in [-0.25, -0.2) is 0 Å². The average molecular weight is 220 g/mol. The van der Waals surface area contributed by atoms with Crippen LogP contribution in [-0.2, 0) is 10.2 Å². The number of hydrogen-bond donors (Lipinski definition) is 0. The van der Waals surface area contributed by atoms with Gasteiger partial charge in [0.25, 0.3) is 0 Å². The summed E-state index contributed by atoms with van der Waals surface area (Å²) in [5.74, 6) is -0.154. The van der Waals surface area contributed by atoms with E-state index in [0.717, 1.165) is 0 Å². The molecular weight excluding hydrogens is 211 g/mol. The molecule has 0 bridgehead atoms. The molecule has 0 radical (unpaired) electrons. The average Bonchev–Trinajstić information content (AvgIpc) is 2.15. The van der Waals surface area contributed by atoms with Crippen molar-refractivity contribution in [3.8, 4) is 11.5 Å². The molecule has 0 aromatic heterocycles. The van der Waals surface area contributed by atoms with Crippen LogP contribution >= 0.6 is 0 Å². The number of rotatable bonds is 3. The van der Waals surface area contributed by atoms with Gasteiger partial charge in [0.2, 0.25) is 0 Å². The highest BCUT2D eigenvalue weighted by molar-refractivity contribution is 7.86. The van der Waals surface area contributed by atoms with Gasteiger partial charge in [-0.1, -0.05) is 6.07 Å². The van der Waals surface area contributed by atoms with Crippen LogP contribution in [-0.4, -0.2) is 22.6 Å². The minimum Gasteiger partial charge on any atom is -0.495 e. The minimum absolute atomic E-state index is 0.0770. The van der Waals surface area contributed by atoms with Gasteiger partial charge in [-0.3, -0.25) is 0 Å². The van der Waals surface area contributed by atoms with Crippen LogP contribution in [0.15, 0.2) is 23.1 Å². The highest BCUT2D eigenvalue weighted by Crippen LogP contribution is 2.33. The summed E-state index contributed by atoms with van der Waals surface area (Å²) < 4.78 is 43.8. The van der Waals surface area contributed by atoms with Crippen molar-refractivity contribution in [2.75, 3.05) is 14.2 Å². The summed E-state index contributed by atoms with van der Waals surface area (Å²) in [5, 5.41) is 0. The Morgan fingerprint density at radius 3 is 1.86 bits per heavy atom. The van der Waals surface area contributed by atoms with Crippen molar-refractivity contribution < 1.29 is 21.8 Å². The molecule has 1 aromatic carbocycles. The van der Waals surface area contributed by atoms with Gasteiger partial charge in [0.05, 0.1) is 14.2 Å². The normalized spacial score (nSPS) is 11.1. The van der Waals surface area contributed by atoms with E-state index in [1.54, 1.807) is 0 Å². The van der Waals surface area contributed by atoms with E-state index >= 15 is 0 Å². The van der Waals surface area contributed by atoms with E-state index in [-0.39, 0.29) is 11.5 Å².